The number of nitrogens with one attached hydrogen (secondary N) is 1. The van der Waals surface area contributed by atoms with Crippen LogP contribution in [-0.2, 0) is 10.0 Å². The number of fused-ring (bicyclic) bond motifs is 3. The molecule has 32 heavy (non-hydrogen) atoms. The minimum atomic E-state index is -3.98. The van der Waals surface area contributed by atoms with Gasteiger partial charge in [0.05, 0.1) is 4.90 Å². The maximum absolute atomic E-state index is 13.7. The Morgan fingerprint density at radius 3 is 2.34 bits per heavy atom. The van der Waals surface area contributed by atoms with Crippen molar-refractivity contribution in [3.8, 4) is 0 Å². The molecule has 0 radical (unpaired) electrons. The number of hydrogen-bond acceptors (Lipinski definition) is 3. The van der Waals surface area contributed by atoms with Crippen LogP contribution in [0.1, 0.15) is 35.1 Å². The lowest BCUT2D eigenvalue weighted by atomic mass is 9.77. The highest BCUT2D eigenvalue weighted by molar-refractivity contribution is 7.92. The quantitative estimate of drug-likeness (QED) is 0.461. The number of aliphatic hydroxyl groups is 1. The minimum Gasteiger partial charge on any atom is -0.372 e. The van der Waals surface area contributed by atoms with Crippen LogP contribution in [0.2, 0.25) is 0 Å². The van der Waals surface area contributed by atoms with E-state index in [0.29, 0.717) is 5.82 Å². The fourth-order valence-corrected chi connectivity index (χ4v) is 6.41. The Labute approximate surface area is 188 Å². The number of rotatable bonds is 3. The van der Waals surface area contributed by atoms with Crippen LogP contribution < -0.4 is 4.31 Å². The Hall–Kier alpha value is -3.09. The number of hydrogen-bond donors (Lipinski definition) is 2. The summed E-state index contributed by atoms with van der Waals surface area (Å²) in [5.74, 6) is -0.0758. The van der Waals surface area contributed by atoms with Crippen LogP contribution >= 0.6 is 0 Å². The summed E-state index contributed by atoms with van der Waals surface area (Å²) in [5, 5.41) is 12.4. The summed E-state index contributed by atoms with van der Waals surface area (Å²) in [4.78, 5) is 3.47. The number of aromatic nitrogens is 1. The van der Waals surface area contributed by atoms with Gasteiger partial charge in [-0.05, 0) is 37.6 Å². The summed E-state index contributed by atoms with van der Waals surface area (Å²) in [6, 6.07) is 22.8. The molecular weight excluding hydrogens is 420 g/mol. The van der Waals surface area contributed by atoms with Crippen LogP contribution in [0.15, 0.2) is 77.7 Å². The first-order valence-electron chi connectivity index (χ1n) is 10.8. The van der Waals surface area contributed by atoms with Gasteiger partial charge in [0, 0.05) is 28.3 Å². The van der Waals surface area contributed by atoms with Crippen LogP contribution in [0.5, 0.6) is 0 Å². The van der Waals surface area contributed by atoms with Crippen LogP contribution in [0, 0.1) is 19.8 Å². The fourth-order valence-electron chi connectivity index (χ4n) is 4.84. The molecule has 6 heteroatoms. The molecule has 5 rings (SSSR count). The maximum atomic E-state index is 13.7. The molecule has 1 aromatic heterocycles. The number of nitrogens with zero attached hydrogens (tertiary/aromatic N) is 1. The number of aliphatic hydroxyl groups excluding tert-OH is 1. The molecule has 3 aromatic carbocycles. The smallest absolute Gasteiger partial charge is 0.267 e. The maximum Gasteiger partial charge on any atom is 0.267 e. The van der Waals surface area contributed by atoms with Crippen molar-refractivity contribution in [1.29, 1.82) is 0 Å². The molecule has 2 N–H and O–H groups in total. The van der Waals surface area contributed by atoms with Gasteiger partial charge < -0.3 is 10.1 Å². The van der Waals surface area contributed by atoms with Crippen molar-refractivity contribution in [2.45, 2.75) is 37.8 Å². The van der Waals surface area contributed by atoms with Crippen molar-refractivity contribution in [1.82, 2.24) is 4.98 Å². The van der Waals surface area contributed by atoms with E-state index in [9.17, 15) is 13.5 Å². The lowest BCUT2D eigenvalue weighted by Gasteiger charge is -2.41. The lowest BCUT2D eigenvalue weighted by Crippen LogP contribution is -2.49. The van der Waals surface area contributed by atoms with Crippen molar-refractivity contribution >= 4 is 26.7 Å². The Kier molecular flexibility index (Phi) is 4.87. The van der Waals surface area contributed by atoms with Crippen LogP contribution in [0.3, 0.4) is 0 Å². The summed E-state index contributed by atoms with van der Waals surface area (Å²) in [6.45, 7) is 5.87. The molecule has 3 atom stereocenters. The number of H-pyrrole nitrogens is 1. The molecule has 0 fully saturated rings. The second-order valence-electron chi connectivity index (χ2n) is 8.71. The van der Waals surface area contributed by atoms with Crippen molar-refractivity contribution in [2.75, 3.05) is 4.31 Å². The zero-order chi connectivity index (χ0) is 22.6. The van der Waals surface area contributed by atoms with Gasteiger partial charge in [0.15, 0.2) is 0 Å². The SMILES string of the molecule is Cc1ccc(S(=O)(=O)N2c3[nH]c4ccccc4c3[C@H](c3cccc(C)c3)[C@@H](C)[C@H]2O)cc1. The summed E-state index contributed by atoms with van der Waals surface area (Å²) in [5.41, 5.74) is 4.91. The van der Waals surface area contributed by atoms with E-state index in [1.807, 2.05) is 57.2 Å². The zero-order valence-electron chi connectivity index (χ0n) is 18.3. The normalized spacial score (nSPS) is 21.0. The van der Waals surface area contributed by atoms with Gasteiger partial charge in [-0.25, -0.2) is 12.7 Å². The Balaban J connectivity index is 1.78. The largest absolute Gasteiger partial charge is 0.372 e. The van der Waals surface area contributed by atoms with Gasteiger partial charge in [0.2, 0.25) is 0 Å². The van der Waals surface area contributed by atoms with Gasteiger partial charge in [-0.1, -0.05) is 72.6 Å². The monoisotopic (exact) mass is 446 g/mol. The standard InChI is InChI=1S/C26H26N2O3S/c1-16-11-13-20(14-12-16)32(30,31)28-25-24(21-9-4-5-10-22(21)27-25)23(18(3)26(28)29)19-8-6-7-17(2)15-19/h4-15,18,23,26-27,29H,1-3H3/t18-,23+,26-/m1/s1. The summed E-state index contributed by atoms with van der Waals surface area (Å²) < 4.78 is 28.6. The van der Waals surface area contributed by atoms with Crippen LogP contribution in [-0.4, -0.2) is 24.7 Å². The molecule has 4 aromatic rings. The third-order valence-electron chi connectivity index (χ3n) is 6.47. The Morgan fingerprint density at radius 1 is 0.906 bits per heavy atom. The second kappa shape index (κ2) is 7.50. The van der Waals surface area contributed by atoms with Crippen molar-refractivity contribution < 1.29 is 13.5 Å². The topological polar surface area (TPSA) is 73.4 Å². The average Bonchev–Trinajstić information content (AvgIpc) is 3.13. The second-order valence-corrected chi connectivity index (χ2v) is 10.5. The van der Waals surface area contributed by atoms with E-state index in [-0.39, 0.29) is 16.7 Å². The molecule has 0 unspecified atom stereocenters. The van der Waals surface area contributed by atoms with Gasteiger partial charge in [-0.2, -0.15) is 0 Å². The van der Waals surface area contributed by atoms with Crippen molar-refractivity contribution in [3.05, 3.63) is 95.1 Å². The first kappa shape index (κ1) is 20.8. The van der Waals surface area contributed by atoms with E-state index < -0.39 is 16.3 Å². The van der Waals surface area contributed by atoms with E-state index in [4.69, 9.17) is 0 Å². The van der Waals surface area contributed by atoms with E-state index in [0.717, 1.165) is 33.2 Å². The first-order chi connectivity index (χ1) is 15.3. The highest BCUT2D eigenvalue weighted by Gasteiger charge is 2.46. The molecule has 164 valence electrons. The number of aryl methyl sites for hydroxylation is 2. The van der Waals surface area contributed by atoms with E-state index in [2.05, 4.69) is 17.1 Å². The predicted octanol–water partition coefficient (Wildman–Crippen LogP) is 5.08. The fraction of sp³-hybridized carbons (Fsp3) is 0.231. The molecule has 0 saturated heterocycles. The molecular formula is C26H26N2O3S. The van der Waals surface area contributed by atoms with Crippen molar-refractivity contribution in [3.63, 3.8) is 0 Å². The predicted molar refractivity (Wildman–Crippen MR) is 127 cm³/mol. The van der Waals surface area contributed by atoms with Gasteiger partial charge in [0.25, 0.3) is 10.0 Å². The minimum absolute atomic E-state index is 0.152. The van der Waals surface area contributed by atoms with E-state index >= 15 is 0 Å². The molecule has 2 heterocycles. The Bertz CT molecular complexity index is 1410. The molecule has 0 amide bonds. The number of benzene rings is 3. The number of para-hydroxylation sites is 1. The molecule has 0 spiro atoms. The number of anilines is 1. The summed E-state index contributed by atoms with van der Waals surface area (Å²) in [7, 11) is -3.98. The van der Waals surface area contributed by atoms with Crippen molar-refractivity contribution in [2.24, 2.45) is 5.92 Å². The number of aromatic amines is 1. The molecule has 1 aliphatic rings. The van der Waals surface area contributed by atoms with Gasteiger partial charge in [0.1, 0.15) is 12.0 Å². The highest BCUT2D eigenvalue weighted by atomic mass is 32.2. The molecule has 0 saturated carbocycles. The number of sulfonamides is 1. The zero-order valence-corrected chi connectivity index (χ0v) is 19.1. The summed E-state index contributed by atoms with van der Waals surface area (Å²) in [6.07, 6.45) is -1.22. The third-order valence-corrected chi connectivity index (χ3v) is 8.26. The van der Waals surface area contributed by atoms with Gasteiger partial charge in [-0.3, -0.25) is 0 Å². The molecule has 0 aliphatic carbocycles. The Morgan fingerprint density at radius 2 is 1.62 bits per heavy atom. The average molecular weight is 447 g/mol. The van der Waals surface area contributed by atoms with Gasteiger partial charge in [-0.15, -0.1) is 0 Å². The lowest BCUT2D eigenvalue weighted by molar-refractivity contribution is 0.112. The van der Waals surface area contributed by atoms with E-state index in [1.165, 1.54) is 4.31 Å². The van der Waals surface area contributed by atoms with E-state index in [1.54, 1.807) is 24.3 Å². The summed E-state index contributed by atoms with van der Waals surface area (Å²) >= 11 is 0. The molecule has 1 aliphatic heterocycles. The van der Waals surface area contributed by atoms with Crippen LogP contribution in [0.25, 0.3) is 10.9 Å². The van der Waals surface area contributed by atoms with Crippen LogP contribution in [0.4, 0.5) is 5.82 Å². The first-order valence-corrected chi connectivity index (χ1v) is 12.2. The van der Waals surface area contributed by atoms with Gasteiger partial charge >= 0.3 is 0 Å². The highest BCUT2D eigenvalue weighted by Crippen LogP contribution is 2.49. The molecule has 5 nitrogen and oxygen atoms in total. The third kappa shape index (κ3) is 3.14. The molecule has 0 bridgehead atoms.